The van der Waals surface area contributed by atoms with Crippen molar-refractivity contribution in [2.24, 2.45) is 0 Å². The third-order valence-corrected chi connectivity index (χ3v) is 2.84. The Hall–Kier alpha value is -2.95. The maximum Gasteiger partial charge on any atom is 0.255 e. The fraction of sp³-hybridized carbons (Fsp3) is 0. The molecule has 3 rings (SSSR count). The number of rotatable bonds is 2. The number of H-pyrrole nitrogens is 1. The van der Waals surface area contributed by atoms with Gasteiger partial charge in [-0.25, -0.2) is 0 Å². The summed E-state index contributed by atoms with van der Waals surface area (Å²) in [4.78, 5) is 22.0. The van der Waals surface area contributed by atoms with Crippen LogP contribution >= 0.6 is 0 Å². The van der Waals surface area contributed by atoms with E-state index in [1.54, 1.807) is 6.20 Å². The van der Waals surface area contributed by atoms with Crippen molar-refractivity contribution >= 4 is 0 Å². The average Bonchev–Trinajstić information content (AvgIpc) is 2.47. The van der Waals surface area contributed by atoms with Crippen LogP contribution < -0.4 is 5.56 Å². The molecule has 3 aromatic rings. The third kappa shape index (κ3) is 2.42. The Morgan fingerprint density at radius 3 is 2.55 bits per heavy atom. The molecule has 0 radical (unpaired) electrons. The van der Waals surface area contributed by atoms with E-state index in [4.69, 9.17) is 0 Å². The van der Waals surface area contributed by atoms with Crippen LogP contribution in [0.5, 0.6) is 5.88 Å². The number of aromatic amines is 1. The van der Waals surface area contributed by atoms with Crippen LogP contribution in [0.3, 0.4) is 0 Å². The van der Waals surface area contributed by atoms with Gasteiger partial charge in [0.15, 0.2) is 5.82 Å². The van der Waals surface area contributed by atoms with E-state index in [9.17, 15) is 9.90 Å². The molecule has 98 valence electrons. The average molecular weight is 265 g/mol. The molecule has 0 amide bonds. The lowest BCUT2D eigenvalue weighted by molar-refractivity contribution is 0.452. The van der Waals surface area contributed by atoms with Gasteiger partial charge in [-0.05, 0) is 23.3 Å². The summed E-state index contributed by atoms with van der Waals surface area (Å²) in [7, 11) is 0. The zero-order valence-corrected chi connectivity index (χ0v) is 10.4. The van der Waals surface area contributed by atoms with Gasteiger partial charge in [0.1, 0.15) is 5.69 Å². The maximum atomic E-state index is 11.4. The summed E-state index contributed by atoms with van der Waals surface area (Å²) >= 11 is 0. The summed E-state index contributed by atoms with van der Waals surface area (Å²) < 4.78 is 0. The van der Waals surface area contributed by atoms with Crippen molar-refractivity contribution in [1.29, 1.82) is 0 Å². The highest BCUT2D eigenvalue weighted by Gasteiger charge is 2.06. The Bertz CT molecular complexity index is 797. The molecule has 0 fully saturated rings. The van der Waals surface area contributed by atoms with Gasteiger partial charge in [0.2, 0.25) is 5.88 Å². The Balaban J connectivity index is 2.10. The van der Waals surface area contributed by atoms with Gasteiger partial charge in [-0.1, -0.05) is 30.3 Å². The minimum Gasteiger partial charge on any atom is -0.493 e. The van der Waals surface area contributed by atoms with E-state index in [0.717, 1.165) is 17.2 Å². The Labute approximate surface area is 114 Å². The van der Waals surface area contributed by atoms with E-state index in [-0.39, 0.29) is 11.7 Å². The molecular formula is C15H11N3O2. The largest absolute Gasteiger partial charge is 0.493 e. The molecule has 5 heteroatoms. The molecule has 5 nitrogen and oxygen atoms in total. The number of pyridine rings is 1. The molecule has 0 bridgehead atoms. The van der Waals surface area contributed by atoms with Crippen LogP contribution in [-0.2, 0) is 0 Å². The number of nitrogens with zero attached hydrogens (tertiary/aromatic N) is 2. The normalized spacial score (nSPS) is 10.4. The lowest BCUT2D eigenvalue weighted by atomic mass is 10.1. The summed E-state index contributed by atoms with van der Waals surface area (Å²) in [6.45, 7) is 0. The maximum absolute atomic E-state index is 11.4. The summed E-state index contributed by atoms with van der Waals surface area (Å²) in [6, 6.07) is 14.5. The van der Waals surface area contributed by atoms with E-state index >= 15 is 0 Å². The van der Waals surface area contributed by atoms with Crippen LogP contribution in [0.4, 0.5) is 0 Å². The Morgan fingerprint density at radius 2 is 1.80 bits per heavy atom. The third-order valence-electron chi connectivity index (χ3n) is 2.84. The van der Waals surface area contributed by atoms with Crippen molar-refractivity contribution in [3.63, 3.8) is 0 Å². The van der Waals surface area contributed by atoms with E-state index in [0.29, 0.717) is 5.69 Å². The lowest BCUT2D eigenvalue weighted by Crippen LogP contribution is -2.07. The molecule has 20 heavy (non-hydrogen) atoms. The molecule has 0 aliphatic heterocycles. The van der Waals surface area contributed by atoms with Crippen LogP contribution in [0.2, 0.25) is 0 Å². The smallest absolute Gasteiger partial charge is 0.255 e. The number of aromatic nitrogens is 3. The highest BCUT2D eigenvalue weighted by atomic mass is 16.3. The molecule has 2 aromatic heterocycles. The molecule has 0 atom stereocenters. The van der Waals surface area contributed by atoms with Gasteiger partial charge in [-0.3, -0.25) is 9.78 Å². The Morgan fingerprint density at radius 1 is 1.00 bits per heavy atom. The summed E-state index contributed by atoms with van der Waals surface area (Å²) in [5, 5.41) is 9.38. The van der Waals surface area contributed by atoms with Gasteiger partial charge < -0.3 is 10.1 Å². The van der Waals surface area contributed by atoms with Crippen LogP contribution in [0.1, 0.15) is 0 Å². The molecule has 0 aliphatic carbocycles. The molecule has 2 heterocycles. The number of hydrogen-bond acceptors (Lipinski definition) is 4. The van der Waals surface area contributed by atoms with Crippen molar-refractivity contribution in [2.45, 2.75) is 0 Å². The standard InChI is InChI=1S/C15H11N3O2/c19-13-9-14(20)18-15(17-13)12-8-11(6-7-16-12)10-4-2-1-3-5-10/h1-9H,(H2,17,18,19,20). The second-order valence-corrected chi connectivity index (χ2v) is 4.25. The van der Waals surface area contributed by atoms with Crippen molar-refractivity contribution in [3.05, 3.63) is 65.1 Å². The predicted octanol–water partition coefficient (Wildman–Crippen LogP) is 2.20. The summed E-state index contributed by atoms with van der Waals surface area (Å²) in [6.07, 6.45) is 1.64. The molecule has 2 N–H and O–H groups in total. The van der Waals surface area contributed by atoms with E-state index in [1.165, 1.54) is 0 Å². The molecule has 0 aliphatic rings. The van der Waals surface area contributed by atoms with Gasteiger partial charge in [0.05, 0.1) is 6.07 Å². The van der Waals surface area contributed by atoms with Gasteiger partial charge in [0, 0.05) is 6.20 Å². The zero-order chi connectivity index (χ0) is 13.9. The summed E-state index contributed by atoms with van der Waals surface area (Å²) in [5.41, 5.74) is 2.08. The second kappa shape index (κ2) is 4.97. The van der Waals surface area contributed by atoms with Gasteiger partial charge >= 0.3 is 0 Å². The molecular weight excluding hydrogens is 254 g/mol. The minimum absolute atomic E-state index is 0.243. The first kappa shape index (κ1) is 12.1. The number of hydrogen-bond donors (Lipinski definition) is 2. The molecule has 1 aromatic carbocycles. The topological polar surface area (TPSA) is 78.9 Å². The monoisotopic (exact) mass is 265 g/mol. The first-order chi connectivity index (χ1) is 9.72. The molecule has 0 saturated heterocycles. The van der Waals surface area contributed by atoms with Gasteiger partial charge in [-0.15, -0.1) is 0 Å². The van der Waals surface area contributed by atoms with Crippen molar-refractivity contribution in [1.82, 2.24) is 15.0 Å². The summed E-state index contributed by atoms with van der Waals surface area (Å²) in [5.74, 6) is -0.0801. The quantitative estimate of drug-likeness (QED) is 0.744. The van der Waals surface area contributed by atoms with Crippen LogP contribution in [0, 0.1) is 0 Å². The van der Waals surface area contributed by atoms with E-state index in [2.05, 4.69) is 15.0 Å². The number of aromatic hydroxyl groups is 1. The second-order valence-electron chi connectivity index (χ2n) is 4.25. The minimum atomic E-state index is -0.417. The SMILES string of the molecule is O=c1cc(O)nc(-c2cc(-c3ccccc3)ccn2)[nH]1. The number of benzene rings is 1. The van der Waals surface area contributed by atoms with Crippen molar-refractivity contribution in [3.8, 4) is 28.5 Å². The molecule has 0 saturated carbocycles. The first-order valence-electron chi connectivity index (χ1n) is 6.04. The van der Waals surface area contributed by atoms with Crippen LogP contribution in [0.25, 0.3) is 22.6 Å². The first-order valence-corrected chi connectivity index (χ1v) is 6.04. The zero-order valence-electron chi connectivity index (χ0n) is 10.4. The van der Waals surface area contributed by atoms with E-state index < -0.39 is 5.56 Å². The highest BCUT2D eigenvalue weighted by molar-refractivity contribution is 5.67. The van der Waals surface area contributed by atoms with Crippen LogP contribution in [-0.4, -0.2) is 20.1 Å². The van der Waals surface area contributed by atoms with Crippen molar-refractivity contribution in [2.75, 3.05) is 0 Å². The van der Waals surface area contributed by atoms with Gasteiger partial charge in [0.25, 0.3) is 5.56 Å². The molecule has 0 unspecified atom stereocenters. The highest BCUT2D eigenvalue weighted by Crippen LogP contribution is 2.22. The fourth-order valence-electron chi connectivity index (χ4n) is 1.94. The fourth-order valence-corrected chi connectivity index (χ4v) is 1.94. The van der Waals surface area contributed by atoms with Crippen molar-refractivity contribution < 1.29 is 5.11 Å². The number of nitrogens with one attached hydrogen (secondary N) is 1. The van der Waals surface area contributed by atoms with Crippen LogP contribution in [0.15, 0.2) is 59.5 Å². The lowest BCUT2D eigenvalue weighted by Gasteiger charge is -2.04. The van der Waals surface area contributed by atoms with Gasteiger partial charge in [-0.2, -0.15) is 4.98 Å². The van der Waals surface area contributed by atoms with E-state index in [1.807, 2.05) is 42.5 Å². The predicted molar refractivity (Wildman–Crippen MR) is 75.2 cm³/mol. The molecule has 0 spiro atoms. The Kier molecular flexibility index (Phi) is 3.01.